The van der Waals surface area contributed by atoms with Crippen LogP contribution >= 0.6 is 0 Å². The Hall–Kier alpha value is -0.650. The Morgan fingerprint density at radius 2 is 1.49 bits per heavy atom. The topological polar surface area (TPSA) is 87.0 Å². The lowest BCUT2D eigenvalue weighted by Gasteiger charge is -2.74. The van der Waals surface area contributed by atoms with Crippen molar-refractivity contribution in [2.24, 2.45) is 50.2 Å². The van der Waals surface area contributed by atoms with Crippen molar-refractivity contribution < 1.29 is 24.9 Å². The summed E-state index contributed by atoms with van der Waals surface area (Å²) < 4.78 is 6.73. The second-order valence-electron chi connectivity index (χ2n) is 15.7. The number of esters is 1. The van der Waals surface area contributed by atoms with E-state index in [1.54, 1.807) is 0 Å². The highest BCUT2D eigenvalue weighted by Gasteiger charge is 2.81. The van der Waals surface area contributed by atoms with Gasteiger partial charge in [-0.3, -0.25) is 4.79 Å². The summed E-state index contributed by atoms with van der Waals surface area (Å²) >= 11 is 0. The molecule has 1 heterocycles. The molecule has 1 aliphatic heterocycles. The van der Waals surface area contributed by atoms with Crippen LogP contribution in [0, 0.1) is 50.2 Å². The highest BCUT2D eigenvalue weighted by molar-refractivity contribution is 5.81. The summed E-state index contributed by atoms with van der Waals surface area (Å²) in [4.78, 5) is 13.7. The first kappa shape index (κ1) is 24.7. The van der Waals surface area contributed by atoms with E-state index in [1.165, 1.54) is 0 Å². The quantitative estimate of drug-likeness (QED) is 0.459. The molecule has 2 bridgehead atoms. The molecule has 6 aliphatic rings. The van der Waals surface area contributed by atoms with Crippen molar-refractivity contribution in [3.8, 4) is 0 Å². The lowest BCUT2D eigenvalue weighted by atomic mass is 9.30. The Morgan fingerprint density at radius 3 is 2.17 bits per heavy atom. The van der Waals surface area contributed by atoms with Gasteiger partial charge in [0.2, 0.25) is 0 Å². The van der Waals surface area contributed by atoms with Gasteiger partial charge in [-0.2, -0.15) is 0 Å². The van der Waals surface area contributed by atoms with E-state index in [-0.39, 0.29) is 51.2 Å². The van der Waals surface area contributed by atoms with Crippen molar-refractivity contribution in [3.63, 3.8) is 0 Å². The van der Waals surface area contributed by atoms with Gasteiger partial charge in [0.25, 0.3) is 0 Å². The molecule has 5 nitrogen and oxygen atoms in total. The van der Waals surface area contributed by atoms with Crippen LogP contribution in [0.4, 0.5) is 0 Å². The smallest absolute Gasteiger partial charge is 0.313 e. The van der Waals surface area contributed by atoms with E-state index in [0.29, 0.717) is 18.3 Å². The molecule has 0 aromatic heterocycles. The molecule has 5 saturated carbocycles. The minimum atomic E-state index is -0.893. The standard InChI is InChI=1S/C30H48O5/c1-24(2)11-13-29-14-12-28(6)27(5)9-7-19-25(3,15-18(32)22(33)26(19,4)17-31)20(27)8-10-30(28,21(29)16-24)35-23(29)34/h18-22,31-33H,7-17H2,1-6H3/t18-,19+,20+,21+,22-,25-,26-,27+,28-,29-,30-/m0/s1. The van der Waals surface area contributed by atoms with Crippen LogP contribution in [0.2, 0.25) is 0 Å². The Balaban J connectivity index is 1.45. The van der Waals surface area contributed by atoms with Gasteiger partial charge in [-0.05, 0) is 92.3 Å². The molecule has 0 aromatic rings. The van der Waals surface area contributed by atoms with E-state index in [0.717, 1.165) is 57.8 Å². The second-order valence-corrected chi connectivity index (χ2v) is 15.7. The van der Waals surface area contributed by atoms with E-state index in [9.17, 15) is 20.1 Å². The molecular formula is C30H48O5. The van der Waals surface area contributed by atoms with E-state index < -0.39 is 17.6 Å². The van der Waals surface area contributed by atoms with Crippen LogP contribution < -0.4 is 0 Å². The Labute approximate surface area is 211 Å². The van der Waals surface area contributed by atoms with Gasteiger partial charge in [-0.1, -0.05) is 41.5 Å². The summed E-state index contributed by atoms with van der Waals surface area (Å²) in [5, 5.41) is 32.5. The third-order valence-electron chi connectivity index (χ3n) is 14.1. The zero-order chi connectivity index (χ0) is 25.4. The monoisotopic (exact) mass is 488 g/mol. The number of ether oxygens (including phenoxy) is 1. The summed E-state index contributed by atoms with van der Waals surface area (Å²) in [6.07, 6.45) is 7.86. The van der Waals surface area contributed by atoms with Crippen LogP contribution in [0.5, 0.6) is 0 Å². The molecule has 11 atom stereocenters. The largest absolute Gasteiger partial charge is 0.458 e. The van der Waals surface area contributed by atoms with Crippen LogP contribution in [0.15, 0.2) is 0 Å². The number of hydrogen-bond acceptors (Lipinski definition) is 5. The molecule has 5 aliphatic carbocycles. The van der Waals surface area contributed by atoms with Crippen molar-refractivity contribution >= 4 is 5.97 Å². The van der Waals surface area contributed by atoms with Gasteiger partial charge in [-0.15, -0.1) is 0 Å². The Bertz CT molecular complexity index is 947. The fraction of sp³-hybridized carbons (Fsp3) is 0.967. The molecule has 5 heteroatoms. The number of hydrogen-bond donors (Lipinski definition) is 3. The third kappa shape index (κ3) is 2.55. The van der Waals surface area contributed by atoms with Gasteiger partial charge in [-0.25, -0.2) is 0 Å². The number of aliphatic hydroxyl groups is 3. The van der Waals surface area contributed by atoms with Gasteiger partial charge in [0.1, 0.15) is 5.60 Å². The minimum Gasteiger partial charge on any atom is -0.458 e. The summed E-state index contributed by atoms with van der Waals surface area (Å²) in [6.45, 7) is 13.9. The molecule has 0 radical (unpaired) electrons. The highest BCUT2D eigenvalue weighted by Crippen LogP contribution is 2.80. The first-order chi connectivity index (χ1) is 16.2. The van der Waals surface area contributed by atoms with Crippen LogP contribution in [0.25, 0.3) is 0 Å². The predicted octanol–water partition coefficient (Wildman–Crippen LogP) is 4.85. The Kier molecular flexibility index (Phi) is 4.83. The fourth-order valence-electron chi connectivity index (χ4n) is 12.0. The molecule has 0 unspecified atom stereocenters. The fourth-order valence-corrected chi connectivity index (χ4v) is 12.0. The highest BCUT2D eigenvalue weighted by atomic mass is 16.6. The van der Waals surface area contributed by atoms with Crippen LogP contribution in [0.1, 0.15) is 106 Å². The maximum atomic E-state index is 13.7. The zero-order valence-corrected chi connectivity index (χ0v) is 22.8. The van der Waals surface area contributed by atoms with Gasteiger partial charge < -0.3 is 20.1 Å². The zero-order valence-electron chi connectivity index (χ0n) is 22.8. The molecule has 1 spiro atoms. The number of aliphatic hydroxyl groups excluding tert-OH is 3. The Morgan fingerprint density at radius 1 is 0.829 bits per heavy atom. The molecule has 3 N–H and O–H groups in total. The predicted molar refractivity (Wildman–Crippen MR) is 133 cm³/mol. The molecule has 198 valence electrons. The van der Waals surface area contributed by atoms with Crippen LogP contribution in [-0.2, 0) is 9.53 Å². The van der Waals surface area contributed by atoms with Crippen molar-refractivity contribution in [2.45, 2.75) is 124 Å². The molecule has 0 amide bonds. The third-order valence-corrected chi connectivity index (χ3v) is 14.1. The lowest BCUT2D eigenvalue weighted by molar-refractivity contribution is -0.298. The van der Waals surface area contributed by atoms with Crippen molar-refractivity contribution in [1.82, 2.24) is 0 Å². The summed E-state index contributed by atoms with van der Waals surface area (Å²) in [7, 11) is 0. The van der Waals surface area contributed by atoms with Gasteiger partial charge in [0, 0.05) is 16.7 Å². The average Bonchev–Trinajstić information content (AvgIpc) is 2.95. The number of carbonyl (C=O) groups is 1. The molecule has 6 fully saturated rings. The lowest BCUT2D eigenvalue weighted by Crippen LogP contribution is -2.73. The summed E-state index contributed by atoms with van der Waals surface area (Å²) in [5.74, 6) is 0.917. The average molecular weight is 489 g/mol. The van der Waals surface area contributed by atoms with Gasteiger partial charge in [0.05, 0.1) is 24.2 Å². The molecule has 35 heavy (non-hydrogen) atoms. The van der Waals surface area contributed by atoms with Crippen molar-refractivity contribution in [2.75, 3.05) is 6.61 Å². The van der Waals surface area contributed by atoms with E-state index in [1.807, 2.05) is 6.92 Å². The van der Waals surface area contributed by atoms with E-state index >= 15 is 0 Å². The maximum absolute atomic E-state index is 13.7. The van der Waals surface area contributed by atoms with Crippen LogP contribution in [-0.4, -0.2) is 45.7 Å². The second kappa shape index (κ2) is 6.86. The molecule has 1 saturated heterocycles. The first-order valence-electron chi connectivity index (χ1n) is 14.4. The normalized spacial score (nSPS) is 60.6. The number of rotatable bonds is 1. The van der Waals surface area contributed by atoms with Crippen LogP contribution in [0.3, 0.4) is 0 Å². The first-order valence-corrected chi connectivity index (χ1v) is 14.4. The maximum Gasteiger partial charge on any atom is 0.313 e. The summed E-state index contributed by atoms with van der Waals surface area (Å²) in [5.41, 5.74) is -1.42. The van der Waals surface area contributed by atoms with E-state index in [2.05, 4.69) is 34.6 Å². The van der Waals surface area contributed by atoms with Gasteiger partial charge >= 0.3 is 5.97 Å². The molecule has 0 aromatic carbocycles. The summed E-state index contributed by atoms with van der Waals surface area (Å²) in [6, 6.07) is 0. The van der Waals surface area contributed by atoms with Gasteiger partial charge in [0.15, 0.2) is 0 Å². The van der Waals surface area contributed by atoms with E-state index in [4.69, 9.17) is 4.74 Å². The molecular weight excluding hydrogens is 440 g/mol. The minimum absolute atomic E-state index is 0.0206. The SMILES string of the molecule is CC1(C)CC[C@@]23CC[C@]4(C)[C@@](CC[C@@H]5[C@@]6(C)C[C@H](O)[C@H](O)[C@@](C)(CO)[C@@H]6CC[C@]54C)(OC2=O)[C@@H]3C1. The van der Waals surface area contributed by atoms with Crippen molar-refractivity contribution in [3.05, 3.63) is 0 Å². The van der Waals surface area contributed by atoms with Crippen molar-refractivity contribution in [1.29, 1.82) is 0 Å². The number of carbonyl (C=O) groups excluding carboxylic acids is 1. The number of fused-ring (bicyclic) bond motifs is 4. The molecule has 6 rings (SSSR count).